The highest BCUT2D eigenvalue weighted by molar-refractivity contribution is 7.89. The standard InChI is InChI=1S/C24H21F3N4O6S2/c1-12-5-7-15(37-13(2)22(33)29-39(4,35)36)10-16(12)21-17-9-14(6-8-18(17)38-28-21)31-20(32)11-19(24(25,26)27)30(3)23(31)34/h5-11,13H,1-4H3,(H,29,33). The van der Waals surface area contributed by atoms with Crippen molar-refractivity contribution < 1.29 is 31.1 Å². The van der Waals surface area contributed by atoms with Gasteiger partial charge < -0.3 is 4.74 Å². The average Bonchev–Trinajstić information content (AvgIpc) is 3.24. The van der Waals surface area contributed by atoms with Gasteiger partial charge in [-0.1, -0.05) is 6.07 Å². The Morgan fingerprint density at radius 1 is 1.13 bits per heavy atom. The molecule has 1 atom stereocenters. The Kier molecular flexibility index (Phi) is 7.16. The van der Waals surface area contributed by atoms with Gasteiger partial charge in [0.15, 0.2) is 6.10 Å². The van der Waals surface area contributed by atoms with Crippen molar-refractivity contribution in [2.24, 2.45) is 7.05 Å². The van der Waals surface area contributed by atoms with Gasteiger partial charge in [-0.25, -0.2) is 17.8 Å². The van der Waals surface area contributed by atoms with Gasteiger partial charge in [0, 0.05) is 24.1 Å². The number of fused-ring (bicyclic) bond motifs is 1. The molecule has 0 saturated heterocycles. The van der Waals surface area contributed by atoms with Crippen LogP contribution in [-0.4, -0.2) is 40.2 Å². The Morgan fingerprint density at radius 2 is 1.82 bits per heavy atom. The number of hydrogen-bond donors (Lipinski definition) is 1. The van der Waals surface area contributed by atoms with Crippen LogP contribution in [0.2, 0.25) is 0 Å². The molecule has 0 aliphatic heterocycles. The zero-order valence-electron chi connectivity index (χ0n) is 20.9. The van der Waals surface area contributed by atoms with Crippen molar-refractivity contribution in [3.8, 4) is 22.7 Å². The Bertz CT molecular complexity index is 1840. The fourth-order valence-electron chi connectivity index (χ4n) is 3.85. The predicted octanol–water partition coefficient (Wildman–Crippen LogP) is 2.98. The minimum Gasteiger partial charge on any atom is -0.481 e. The summed E-state index contributed by atoms with van der Waals surface area (Å²) in [4.78, 5) is 37.4. The lowest BCUT2D eigenvalue weighted by atomic mass is 10.0. The molecule has 2 heterocycles. The first kappa shape index (κ1) is 28.0. The molecule has 15 heteroatoms. The quantitative estimate of drug-likeness (QED) is 0.370. The van der Waals surface area contributed by atoms with Gasteiger partial charge in [-0.15, -0.1) is 0 Å². The molecule has 10 nitrogen and oxygen atoms in total. The molecule has 4 rings (SSSR count). The van der Waals surface area contributed by atoms with E-state index in [-0.39, 0.29) is 11.4 Å². The monoisotopic (exact) mass is 582 g/mol. The lowest BCUT2D eigenvalue weighted by Crippen LogP contribution is -2.40. The maximum atomic E-state index is 13.2. The van der Waals surface area contributed by atoms with Crippen molar-refractivity contribution in [1.29, 1.82) is 0 Å². The number of hydrogen-bond acceptors (Lipinski definition) is 8. The van der Waals surface area contributed by atoms with Gasteiger partial charge in [-0.3, -0.25) is 18.9 Å². The van der Waals surface area contributed by atoms with Crippen LogP contribution in [0, 0.1) is 6.92 Å². The van der Waals surface area contributed by atoms with Gasteiger partial charge in [0.1, 0.15) is 11.4 Å². The highest BCUT2D eigenvalue weighted by Crippen LogP contribution is 2.36. The molecule has 206 valence electrons. The highest BCUT2D eigenvalue weighted by atomic mass is 32.2. The summed E-state index contributed by atoms with van der Waals surface area (Å²) in [6.45, 7) is 3.18. The number of carbonyl (C=O) groups is 1. The summed E-state index contributed by atoms with van der Waals surface area (Å²) >= 11 is 1.13. The molecule has 0 aliphatic carbocycles. The fraction of sp³-hybridized carbons (Fsp3) is 0.250. The zero-order valence-corrected chi connectivity index (χ0v) is 22.5. The Balaban J connectivity index is 1.78. The second-order valence-corrected chi connectivity index (χ2v) is 11.3. The molecule has 0 spiro atoms. The molecule has 1 N–H and O–H groups in total. The van der Waals surface area contributed by atoms with Crippen LogP contribution in [0.25, 0.3) is 27.0 Å². The van der Waals surface area contributed by atoms with Crippen LogP contribution in [0.3, 0.4) is 0 Å². The van der Waals surface area contributed by atoms with Crippen LogP contribution in [-0.2, 0) is 28.0 Å². The molecule has 2 aromatic heterocycles. The lowest BCUT2D eigenvalue weighted by Gasteiger charge is -2.15. The summed E-state index contributed by atoms with van der Waals surface area (Å²) in [7, 11) is -2.84. The van der Waals surface area contributed by atoms with Crippen LogP contribution < -0.4 is 20.7 Å². The van der Waals surface area contributed by atoms with Crippen LogP contribution in [0.1, 0.15) is 18.2 Å². The first-order chi connectivity index (χ1) is 18.1. The Hall–Kier alpha value is -3.98. The van der Waals surface area contributed by atoms with Crippen molar-refractivity contribution in [2.75, 3.05) is 6.26 Å². The normalized spacial score (nSPS) is 12.9. The average molecular weight is 583 g/mol. The van der Waals surface area contributed by atoms with E-state index in [2.05, 4.69) is 4.37 Å². The van der Waals surface area contributed by atoms with E-state index in [1.54, 1.807) is 31.2 Å². The Morgan fingerprint density at radius 3 is 2.46 bits per heavy atom. The third-order valence-corrected chi connectivity index (χ3v) is 7.15. The van der Waals surface area contributed by atoms with Gasteiger partial charge >= 0.3 is 11.9 Å². The van der Waals surface area contributed by atoms with E-state index in [4.69, 9.17) is 4.74 Å². The van der Waals surface area contributed by atoms with E-state index in [0.29, 0.717) is 36.5 Å². The summed E-state index contributed by atoms with van der Waals surface area (Å²) in [5, 5.41) is 0.523. The van der Waals surface area contributed by atoms with Gasteiger partial charge in [0.25, 0.3) is 11.5 Å². The Labute approximate surface area is 223 Å². The number of nitrogens with zero attached hydrogens (tertiary/aromatic N) is 3. The van der Waals surface area contributed by atoms with Crippen LogP contribution in [0.4, 0.5) is 13.2 Å². The van der Waals surface area contributed by atoms with Crippen molar-refractivity contribution in [3.63, 3.8) is 0 Å². The molecule has 0 fully saturated rings. The predicted molar refractivity (Wildman–Crippen MR) is 139 cm³/mol. The maximum Gasteiger partial charge on any atom is 0.431 e. The van der Waals surface area contributed by atoms with Gasteiger partial charge in [0.05, 0.1) is 22.3 Å². The molecule has 39 heavy (non-hydrogen) atoms. The zero-order chi connectivity index (χ0) is 28.9. The molecular weight excluding hydrogens is 561 g/mol. The number of benzene rings is 2. The lowest BCUT2D eigenvalue weighted by molar-refractivity contribution is -0.144. The molecule has 0 aliphatic rings. The smallest absolute Gasteiger partial charge is 0.431 e. The van der Waals surface area contributed by atoms with E-state index in [1.165, 1.54) is 19.1 Å². The van der Waals surface area contributed by atoms with Crippen molar-refractivity contribution >= 4 is 37.5 Å². The van der Waals surface area contributed by atoms with Gasteiger partial charge in [0.2, 0.25) is 10.0 Å². The molecular formula is C24H21F3N4O6S2. The molecule has 0 bridgehead atoms. The SMILES string of the molecule is Cc1ccc(OC(C)C(=O)NS(C)(=O)=O)cc1-c1nsc2ccc(-n3c(=O)cc(C(F)(F)F)n(C)c3=O)cc12. The van der Waals surface area contributed by atoms with Crippen LogP contribution in [0.15, 0.2) is 52.1 Å². The number of ether oxygens (including phenoxy) is 1. The number of carbonyl (C=O) groups excluding carboxylic acids is 1. The van der Waals surface area contributed by atoms with Crippen molar-refractivity contribution in [3.05, 3.63) is 74.6 Å². The molecule has 2 aromatic carbocycles. The van der Waals surface area contributed by atoms with E-state index >= 15 is 0 Å². The van der Waals surface area contributed by atoms with Crippen LogP contribution >= 0.6 is 11.5 Å². The summed E-state index contributed by atoms with van der Waals surface area (Å²) in [5.41, 5.74) is -1.81. The summed E-state index contributed by atoms with van der Waals surface area (Å²) < 4.78 is 76.0. The number of sulfonamides is 1. The molecule has 4 aromatic rings. The number of nitrogens with one attached hydrogen (secondary N) is 1. The maximum absolute atomic E-state index is 13.2. The van der Waals surface area contributed by atoms with E-state index in [9.17, 15) is 36.0 Å². The summed E-state index contributed by atoms with van der Waals surface area (Å²) in [5.74, 6) is -0.608. The molecule has 1 amide bonds. The third-order valence-electron chi connectivity index (χ3n) is 5.75. The first-order valence-electron chi connectivity index (χ1n) is 11.2. The van der Waals surface area contributed by atoms with E-state index in [0.717, 1.165) is 30.4 Å². The van der Waals surface area contributed by atoms with Gasteiger partial charge in [-0.2, -0.15) is 17.5 Å². The van der Waals surface area contributed by atoms with E-state index < -0.39 is 45.2 Å². The second kappa shape index (κ2) is 9.96. The molecule has 1 unspecified atom stereocenters. The van der Waals surface area contributed by atoms with Gasteiger partial charge in [-0.05, 0) is 61.3 Å². The number of aromatic nitrogens is 3. The fourth-order valence-corrected chi connectivity index (χ4v) is 5.15. The summed E-state index contributed by atoms with van der Waals surface area (Å²) in [6.07, 6.45) is -5.18. The molecule has 0 radical (unpaired) electrons. The minimum absolute atomic E-state index is 0.0550. The third kappa shape index (κ3) is 5.73. The highest BCUT2D eigenvalue weighted by Gasteiger charge is 2.35. The number of rotatable bonds is 6. The van der Waals surface area contributed by atoms with Crippen LogP contribution in [0.5, 0.6) is 5.75 Å². The second-order valence-electron chi connectivity index (χ2n) is 8.73. The van der Waals surface area contributed by atoms with E-state index in [1.807, 2.05) is 4.72 Å². The van der Waals surface area contributed by atoms with Crippen molar-refractivity contribution in [1.82, 2.24) is 18.2 Å². The van der Waals surface area contributed by atoms with Crippen molar-refractivity contribution in [2.45, 2.75) is 26.1 Å². The summed E-state index contributed by atoms with van der Waals surface area (Å²) in [6, 6.07) is 9.79. The number of halogens is 3. The first-order valence-corrected chi connectivity index (χ1v) is 13.8. The topological polar surface area (TPSA) is 129 Å². The largest absolute Gasteiger partial charge is 0.481 e. The molecule has 0 saturated carbocycles. The number of amides is 1. The minimum atomic E-state index is -4.88. The number of aryl methyl sites for hydroxylation is 1. The number of alkyl halides is 3.